The quantitative estimate of drug-likeness (QED) is 0.928. The highest BCUT2D eigenvalue weighted by Crippen LogP contribution is 2.32. The van der Waals surface area contributed by atoms with Crippen LogP contribution in [-0.4, -0.2) is 14.8 Å². The van der Waals surface area contributed by atoms with E-state index in [4.69, 9.17) is 10.7 Å². The second-order valence-electron chi connectivity index (χ2n) is 5.64. The van der Waals surface area contributed by atoms with E-state index in [1.807, 2.05) is 17.8 Å². The number of rotatable bonds is 4. The average molecular weight is 270 g/mol. The number of aromatic nitrogens is 3. The van der Waals surface area contributed by atoms with Gasteiger partial charge in [0.15, 0.2) is 5.82 Å². The van der Waals surface area contributed by atoms with Crippen LogP contribution < -0.4 is 5.73 Å². The fourth-order valence-electron chi connectivity index (χ4n) is 3.05. The van der Waals surface area contributed by atoms with Gasteiger partial charge in [0.1, 0.15) is 5.82 Å². The van der Waals surface area contributed by atoms with Crippen molar-refractivity contribution in [3.8, 4) is 0 Å². The molecule has 1 saturated carbocycles. The third kappa shape index (κ3) is 2.61. The minimum Gasteiger partial charge on any atom is -0.326 e. The SMILES string of the molecule is Cn1nc(C2CCCC2)nc1Cc1ccccc1CN. The minimum absolute atomic E-state index is 0.569. The Bertz CT molecular complexity index is 582. The van der Waals surface area contributed by atoms with Crippen molar-refractivity contribution in [1.82, 2.24) is 14.8 Å². The molecule has 106 valence electrons. The van der Waals surface area contributed by atoms with Crippen LogP contribution in [0.15, 0.2) is 24.3 Å². The minimum atomic E-state index is 0.569. The van der Waals surface area contributed by atoms with Crippen LogP contribution in [-0.2, 0) is 20.0 Å². The average Bonchev–Trinajstić information content (AvgIpc) is 3.10. The summed E-state index contributed by atoms with van der Waals surface area (Å²) in [5.41, 5.74) is 8.25. The Balaban J connectivity index is 1.83. The molecule has 0 saturated heterocycles. The summed E-state index contributed by atoms with van der Waals surface area (Å²) in [5.74, 6) is 2.64. The van der Waals surface area contributed by atoms with Crippen LogP contribution in [0.3, 0.4) is 0 Å². The number of hydrogen-bond donors (Lipinski definition) is 1. The first kappa shape index (κ1) is 13.3. The van der Waals surface area contributed by atoms with Gasteiger partial charge in [-0.15, -0.1) is 0 Å². The van der Waals surface area contributed by atoms with E-state index >= 15 is 0 Å². The summed E-state index contributed by atoms with van der Waals surface area (Å²) in [6.07, 6.45) is 5.91. The van der Waals surface area contributed by atoms with E-state index in [0.29, 0.717) is 12.5 Å². The van der Waals surface area contributed by atoms with E-state index in [0.717, 1.165) is 18.1 Å². The van der Waals surface area contributed by atoms with Gasteiger partial charge in [0.25, 0.3) is 0 Å². The fourth-order valence-corrected chi connectivity index (χ4v) is 3.05. The van der Waals surface area contributed by atoms with Crippen LogP contribution in [0.25, 0.3) is 0 Å². The Labute approximate surface area is 120 Å². The van der Waals surface area contributed by atoms with Gasteiger partial charge >= 0.3 is 0 Å². The Morgan fingerprint density at radius 1 is 1.20 bits per heavy atom. The van der Waals surface area contributed by atoms with Crippen LogP contribution in [0.2, 0.25) is 0 Å². The highest BCUT2D eigenvalue weighted by molar-refractivity contribution is 5.29. The second kappa shape index (κ2) is 5.75. The molecule has 1 aliphatic rings. The third-order valence-corrected chi connectivity index (χ3v) is 4.28. The smallest absolute Gasteiger partial charge is 0.154 e. The summed E-state index contributed by atoms with van der Waals surface area (Å²) in [4.78, 5) is 4.77. The summed E-state index contributed by atoms with van der Waals surface area (Å²) >= 11 is 0. The third-order valence-electron chi connectivity index (χ3n) is 4.28. The molecule has 1 aromatic carbocycles. The zero-order valence-corrected chi connectivity index (χ0v) is 12.0. The van der Waals surface area contributed by atoms with Gasteiger partial charge in [-0.2, -0.15) is 5.10 Å². The maximum Gasteiger partial charge on any atom is 0.154 e. The largest absolute Gasteiger partial charge is 0.326 e. The maximum absolute atomic E-state index is 5.80. The summed E-state index contributed by atoms with van der Waals surface area (Å²) in [5, 5.41) is 4.62. The van der Waals surface area contributed by atoms with Crippen molar-refractivity contribution < 1.29 is 0 Å². The highest BCUT2D eigenvalue weighted by Gasteiger charge is 2.22. The van der Waals surface area contributed by atoms with Crippen LogP contribution in [0.4, 0.5) is 0 Å². The van der Waals surface area contributed by atoms with E-state index in [-0.39, 0.29) is 0 Å². The fraction of sp³-hybridized carbons (Fsp3) is 0.500. The molecule has 2 N–H and O–H groups in total. The molecule has 1 fully saturated rings. The topological polar surface area (TPSA) is 56.7 Å². The molecule has 0 radical (unpaired) electrons. The molecule has 0 unspecified atom stereocenters. The summed E-state index contributed by atoms with van der Waals surface area (Å²) < 4.78 is 1.93. The van der Waals surface area contributed by atoms with Crippen molar-refractivity contribution in [1.29, 1.82) is 0 Å². The Hall–Kier alpha value is -1.68. The van der Waals surface area contributed by atoms with Gasteiger partial charge in [-0.05, 0) is 24.0 Å². The molecule has 4 nitrogen and oxygen atoms in total. The molecular weight excluding hydrogens is 248 g/mol. The van der Waals surface area contributed by atoms with Crippen molar-refractivity contribution >= 4 is 0 Å². The van der Waals surface area contributed by atoms with E-state index in [2.05, 4.69) is 23.3 Å². The molecular formula is C16H22N4. The van der Waals surface area contributed by atoms with E-state index in [1.54, 1.807) is 0 Å². The number of benzene rings is 1. The molecule has 0 atom stereocenters. The molecule has 0 amide bonds. The lowest BCUT2D eigenvalue weighted by atomic mass is 10.0. The molecule has 2 aromatic rings. The van der Waals surface area contributed by atoms with Crippen LogP contribution in [0.5, 0.6) is 0 Å². The second-order valence-corrected chi connectivity index (χ2v) is 5.64. The predicted octanol–water partition coefficient (Wildman–Crippen LogP) is 2.52. The molecule has 3 rings (SSSR count). The lowest BCUT2D eigenvalue weighted by molar-refractivity contribution is 0.644. The van der Waals surface area contributed by atoms with Gasteiger partial charge < -0.3 is 5.73 Å². The summed E-state index contributed by atoms with van der Waals surface area (Å²) in [7, 11) is 1.99. The normalized spacial score (nSPS) is 15.9. The molecule has 20 heavy (non-hydrogen) atoms. The van der Waals surface area contributed by atoms with E-state index < -0.39 is 0 Å². The number of nitrogens with zero attached hydrogens (tertiary/aromatic N) is 3. The van der Waals surface area contributed by atoms with Crippen LogP contribution in [0.1, 0.15) is 54.4 Å². The lowest BCUT2D eigenvalue weighted by Crippen LogP contribution is -2.05. The molecule has 0 spiro atoms. The molecule has 0 aliphatic heterocycles. The summed E-state index contributed by atoms with van der Waals surface area (Å²) in [6, 6.07) is 8.31. The maximum atomic E-state index is 5.80. The first-order valence-electron chi connectivity index (χ1n) is 7.44. The van der Waals surface area contributed by atoms with Crippen molar-refractivity contribution in [2.45, 2.75) is 44.6 Å². The highest BCUT2D eigenvalue weighted by atomic mass is 15.3. The van der Waals surface area contributed by atoms with Gasteiger partial charge in [0, 0.05) is 25.9 Å². The number of nitrogens with two attached hydrogens (primary N) is 1. The van der Waals surface area contributed by atoms with Crippen molar-refractivity contribution in [2.75, 3.05) is 0 Å². The van der Waals surface area contributed by atoms with Gasteiger partial charge in [0.05, 0.1) is 0 Å². The van der Waals surface area contributed by atoms with Gasteiger partial charge in [-0.3, -0.25) is 4.68 Å². The number of aryl methyl sites for hydroxylation is 1. The zero-order valence-electron chi connectivity index (χ0n) is 12.0. The van der Waals surface area contributed by atoms with Gasteiger partial charge in [-0.25, -0.2) is 4.98 Å². The molecule has 1 aliphatic carbocycles. The monoisotopic (exact) mass is 270 g/mol. The molecule has 1 aromatic heterocycles. The standard InChI is InChI=1S/C16H22N4/c1-20-15(10-13-8-4-5-9-14(13)11-17)18-16(19-20)12-6-2-3-7-12/h4-5,8-9,12H,2-3,6-7,10-11,17H2,1H3. The van der Waals surface area contributed by atoms with Crippen LogP contribution >= 0.6 is 0 Å². The first-order chi connectivity index (χ1) is 9.78. The Morgan fingerprint density at radius 3 is 2.60 bits per heavy atom. The Kier molecular flexibility index (Phi) is 3.83. The van der Waals surface area contributed by atoms with Crippen molar-refractivity contribution in [3.05, 3.63) is 47.0 Å². The molecule has 1 heterocycles. The van der Waals surface area contributed by atoms with E-state index in [9.17, 15) is 0 Å². The zero-order chi connectivity index (χ0) is 13.9. The number of hydrogen-bond acceptors (Lipinski definition) is 3. The van der Waals surface area contributed by atoms with Crippen molar-refractivity contribution in [3.63, 3.8) is 0 Å². The van der Waals surface area contributed by atoms with Gasteiger partial charge in [-0.1, -0.05) is 37.1 Å². The lowest BCUT2D eigenvalue weighted by Gasteiger charge is -2.06. The predicted molar refractivity (Wildman–Crippen MR) is 79.4 cm³/mol. The molecule has 4 heteroatoms. The molecule has 0 bridgehead atoms. The van der Waals surface area contributed by atoms with Crippen molar-refractivity contribution in [2.24, 2.45) is 12.8 Å². The van der Waals surface area contributed by atoms with Crippen LogP contribution in [0, 0.1) is 0 Å². The summed E-state index contributed by atoms with van der Waals surface area (Å²) in [6.45, 7) is 0.573. The van der Waals surface area contributed by atoms with E-state index in [1.165, 1.54) is 36.8 Å². The first-order valence-corrected chi connectivity index (χ1v) is 7.44. The van der Waals surface area contributed by atoms with Gasteiger partial charge in [0.2, 0.25) is 0 Å². The Morgan fingerprint density at radius 2 is 1.90 bits per heavy atom.